The van der Waals surface area contributed by atoms with Gasteiger partial charge in [0, 0.05) is 18.0 Å². The maximum Gasteiger partial charge on any atom is 0.155 e. The minimum atomic E-state index is -0.372. The fourth-order valence-corrected chi connectivity index (χ4v) is 4.16. The van der Waals surface area contributed by atoms with E-state index in [0.717, 1.165) is 45.1 Å². The Morgan fingerprint density at radius 2 is 1.72 bits per heavy atom. The van der Waals surface area contributed by atoms with Gasteiger partial charge >= 0.3 is 0 Å². The van der Waals surface area contributed by atoms with E-state index in [-0.39, 0.29) is 29.8 Å². The average molecular weight is 251 g/mol. The van der Waals surface area contributed by atoms with Gasteiger partial charge in [0.25, 0.3) is 0 Å². The van der Waals surface area contributed by atoms with Crippen LogP contribution in [0.1, 0.15) is 44.9 Å². The highest BCUT2D eigenvalue weighted by Crippen LogP contribution is 2.39. The number of carbonyl (C=O) groups is 1. The van der Waals surface area contributed by atoms with Gasteiger partial charge in [0.1, 0.15) is 0 Å². The molecule has 4 atom stereocenters. The van der Waals surface area contributed by atoms with Crippen LogP contribution >= 0.6 is 0 Å². The Morgan fingerprint density at radius 1 is 1.06 bits per heavy atom. The molecule has 4 nitrogen and oxygen atoms in total. The van der Waals surface area contributed by atoms with Gasteiger partial charge in [0.2, 0.25) is 0 Å². The summed E-state index contributed by atoms with van der Waals surface area (Å²) in [6.45, 7) is 1.03. The van der Waals surface area contributed by atoms with Crippen LogP contribution in [-0.2, 0) is 4.79 Å². The summed E-state index contributed by atoms with van der Waals surface area (Å²) in [6.07, 6.45) is 7.45. The second kappa shape index (κ2) is 4.91. The van der Waals surface area contributed by atoms with E-state index in [0.29, 0.717) is 0 Å². The van der Waals surface area contributed by atoms with Gasteiger partial charge in [0.05, 0.1) is 6.04 Å². The Hall–Kier alpha value is -0.450. The third kappa shape index (κ3) is 1.91. The number of piperidine rings is 1. The van der Waals surface area contributed by atoms with Gasteiger partial charge in [-0.2, -0.15) is 0 Å². The molecule has 0 aromatic heterocycles. The molecule has 2 heterocycles. The summed E-state index contributed by atoms with van der Waals surface area (Å²) < 4.78 is 0. The van der Waals surface area contributed by atoms with Crippen molar-refractivity contribution in [1.82, 2.24) is 9.96 Å². The molecule has 4 unspecified atom stereocenters. The molecule has 0 spiro atoms. The molecule has 0 bridgehead atoms. The predicted molar refractivity (Wildman–Crippen MR) is 70.0 cm³/mol. The number of Topliss-reactive ketones (excluding diaryl/α,β-unsaturated/α-hetero) is 1. The van der Waals surface area contributed by atoms with Crippen LogP contribution in [0, 0.1) is 11.1 Å². The fourth-order valence-electron chi connectivity index (χ4n) is 4.16. The van der Waals surface area contributed by atoms with E-state index in [1.165, 1.54) is 11.5 Å². The van der Waals surface area contributed by atoms with Crippen molar-refractivity contribution in [2.75, 3.05) is 13.6 Å². The van der Waals surface area contributed by atoms with Crippen LogP contribution in [0.25, 0.3) is 0 Å². The summed E-state index contributed by atoms with van der Waals surface area (Å²) in [7, 11) is 2.06. The highest BCUT2D eigenvalue weighted by Gasteiger charge is 2.48. The van der Waals surface area contributed by atoms with Gasteiger partial charge in [-0.1, -0.05) is 19.3 Å². The second-order valence-electron chi connectivity index (χ2n) is 6.21. The number of likely N-dealkylation sites (tertiary alicyclic amines) is 1. The quantitative estimate of drug-likeness (QED) is 0.712. The van der Waals surface area contributed by atoms with Crippen LogP contribution in [-0.4, -0.2) is 47.5 Å². The Bertz CT molecular complexity index is 334. The largest absolute Gasteiger partial charge is 0.784 e. The van der Waals surface area contributed by atoms with Crippen molar-refractivity contribution >= 4 is 5.78 Å². The third-order valence-corrected chi connectivity index (χ3v) is 5.18. The number of fused-ring (bicyclic) bond motifs is 1. The first-order chi connectivity index (χ1) is 8.70. The van der Waals surface area contributed by atoms with Gasteiger partial charge < -0.3 is 15.2 Å². The molecule has 3 fully saturated rings. The van der Waals surface area contributed by atoms with Crippen molar-refractivity contribution in [3.8, 4) is 0 Å². The lowest BCUT2D eigenvalue weighted by molar-refractivity contribution is -0.124. The molecule has 102 valence electrons. The van der Waals surface area contributed by atoms with Crippen LogP contribution in [0.2, 0.25) is 0 Å². The highest BCUT2D eigenvalue weighted by molar-refractivity contribution is 5.90. The van der Waals surface area contributed by atoms with E-state index in [2.05, 4.69) is 11.9 Å². The van der Waals surface area contributed by atoms with Gasteiger partial charge in [-0.3, -0.25) is 4.79 Å². The third-order valence-electron chi connectivity index (χ3n) is 5.18. The summed E-state index contributed by atoms with van der Waals surface area (Å²) in [4.78, 5) is 14.8. The maximum absolute atomic E-state index is 12.5. The lowest BCUT2D eigenvalue weighted by Crippen LogP contribution is -2.51. The molecule has 0 aromatic rings. The van der Waals surface area contributed by atoms with Gasteiger partial charge in [-0.05, 0) is 39.3 Å². The molecule has 1 aliphatic carbocycles. The molecule has 2 saturated heterocycles. The van der Waals surface area contributed by atoms with Crippen LogP contribution in [0.5, 0.6) is 0 Å². The standard InChI is InChI=1S/C14H23N2O2/c1-15-9-5-4-8-12(15)13-14(17)10-6-2-3-7-11(10)16(13)18/h10-13H,2-9H2,1H3/q-1. The summed E-state index contributed by atoms with van der Waals surface area (Å²) in [5, 5.41) is 13.6. The molecule has 3 rings (SSSR count). The average Bonchev–Trinajstić information content (AvgIpc) is 2.64. The number of carbonyl (C=O) groups excluding carboxylic acids is 1. The van der Waals surface area contributed by atoms with Crippen LogP contribution in [0.15, 0.2) is 0 Å². The van der Waals surface area contributed by atoms with Crippen molar-refractivity contribution in [3.05, 3.63) is 5.21 Å². The maximum atomic E-state index is 12.5. The minimum absolute atomic E-state index is 0.00780. The van der Waals surface area contributed by atoms with E-state index >= 15 is 0 Å². The van der Waals surface area contributed by atoms with Gasteiger partial charge in [0.15, 0.2) is 5.78 Å². The minimum Gasteiger partial charge on any atom is -0.784 e. The van der Waals surface area contributed by atoms with E-state index in [4.69, 9.17) is 0 Å². The first-order valence-electron chi connectivity index (χ1n) is 7.39. The predicted octanol–water partition coefficient (Wildman–Crippen LogP) is 1.78. The molecule has 4 heteroatoms. The molecule has 0 radical (unpaired) electrons. The Balaban J connectivity index is 1.80. The Labute approximate surface area is 109 Å². The molecule has 0 N–H and O–H groups in total. The van der Waals surface area contributed by atoms with Crippen LogP contribution in [0.3, 0.4) is 0 Å². The van der Waals surface area contributed by atoms with E-state index in [1.807, 2.05) is 0 Å². The zero-order valence-corrected chi connectivity index (χ0v) is 11.2. The van der Waals surface area contributed by atoms with Crippen molar-refractivity contribution in [2.24, 2.45) is 5.92 Å². The van der Waals surface area contributed by atoms with Gasteiger partial charge in [-0.25, -0.2) is 0 Å². The van der Waals surface area contributed by atoms with Crippen molar-refractivity contribution in [3.63, 3.8) is 0 Å². The molecule has 2 aliphatic heterocycles. The number of hydroxylamine groups is 2. The zero-order valence-electron chi connectivity index (χ0n) is 11.2. The van der Waals surface area contributed by atoms with Crippen molar-refractivity contribution < 1.29 is 4.79 Å². The summed E-state index contributed by atoms with van der Waals surface area (Å²) >= 11 is 0. The van der Waals surface area contributed by atoms with Crippen molar-refractivity contribution in [2.45, 2.75) is 63.1 Å². The molecule has 0 aromatic carbocycles. The van der Waals surface area contributed by atoms with Crippen molar-refractivity contribution in [1.29, 1.82) is 0 Å². The van der Waals surface area contributed by atoms with E-state index in [9.17, 15) is 10.0 Å². The Kier molecular flexibility index (Phi) is 3.43. The number of hydrogen-bond donors (Lipinski definition) is 0. The monoisotopic (exact) mass is 251 g/mol. The number of hydrogen-bond acceptors (Lipinski definition) is 4. The smallest absolute Gasteiger partial charge is 0.155 e. The number of ketones is 1. The number of rotatable bonds is 1. The first kappa shape index (κ1) is 12.6. The summed E-state index contributed by atoms with van der Waals surface area (Å²) in [6, 6.07) is -0.218. The summed E-state index contributed by atoms with van der Waals surface area (Å²) in [5.41, 5.74) is 0. The van der Waals surface area contributed by atoms with E-state index < -0.39 is 0 Å². The van der Waals surface area contributed by atoms with Crippen LogP contribution in [0.4, 0.5) is 0 Å². The lowest BCUT2D eigenvalue weighted by atomic mass is 9.83. The molecule has 3 aliphatic rings. The first-order valence-corrected chi connectivity index (χ1v) is 7.39. The summed E-state index contributed by atoms with van der Waals surface area (Å²) in [5.74, 6) is 0.282. The van der Waals surface area contributed by atoms with E-state index in [1.54, 1.807) is 0 Å². The zero-order chi connectivity index (χ0) is 12.7. The molecule has 18 heavy (non-hydrogen) atoms. The SMILES string of the molecule is CN1CCCCC1C1C(=O)C2CCCCC2N1[O-]. The molecular weight excluding hydrogens is 228 g/mol. The Morgan fingerprint density at radius 3 is 2.44 bits per heavy atom. The molecular formula is C14H23N2O2-. The highest BCUT2D eigenvalue weighted by atomic mass is 16.5. The van der Waals surface area contributed by atoms with Crippen LogP contribution < -0.4 is 0 Å². The molecule has 0 amide bonds. The number of likely N-dealkylation sites (N-methyl/N-ethyl adjacent to an activating group) is 1. The normalized spacial score (nSPS) is 43.1. The topological polar surface area (TPSA) is 46.6 Å². The second-order valence-corrected chi connectivity index (χ2v) is 6.21. The van der Waals surface area contributed by atoms with Gasteiger partial charge in [-0.15, -0.1) is 0 Å². The molecule has 1 saturated carbocycles. The lowest BCUT2D eigenvalue weighted by Gasteiger charge is -2.44. The fraction of sp³-hybridized carbons (Fsp3) is 0.929. The number of nitrogens with zero attached hydrogens (tertiary/aromatic N) is 2.